The second-order valence-corrected chi connectivity index (χ2v) is 8.16. The lowest BCUT2D eigenvalue weighted by atomic mass is 9.98. The Morgan fingerprint density at radius 3 is 2.47 bits per heavy atom. The first kappa shape index (κ1) is 23.3. The fraction of sp³-hybridized carbons (Fsp3) is 0.375. The number of carbonyl (C=O) groups excluding carboxylic acids is 3. The molecule has 0 radical (unpaired) electrons. The SMILES string of the molecule is Cc1ccc(NC(=O)NC[C@H]2CCCN(CC(=O)NC(=O)NCc3ccccc3)C2)cc1. The van der Waals surface area contributed by atoms with E-state index >= 15 is 0 Å². The maximum Gasteiger partial charge on any atom is 0.321 e. The summed E-state index contributed by atoms with van der Waals surface area (Å²) in [6, 6.07) is 16.4. The molecule has 2 aromatic rings. The van der Waals surface area contributed by atoms with Gasteiger partial charge in [-0.1, -0.05) is 48.0 Å². The number of aryl methyl sites for hydroxylation is 1. The van der Waals surface area contributed by atoms with E-state index in [1.165, 1.54) is 0 Å². The molecule has 5 amide bonds. The van der Waals surface area contributed by atoms with E-state index in [0.29, 0.717) is 19.6 Å². The number of hydrogen-bond acceptors (Lipinski definition) is 4. The summed E-state index contributed by atoms with van der Waals surface area (Å²) >= 11 is 0. The summed E-state index contributed by atoms with van der Waals surface area (Å²) in [4.78, 5) is 38.4. The van der Waals surface area contributed by atoms with Gasteiger partial charge in [-0.05, 0) is 49.9 Å². The van der Waals surface area contributed by atoms with Crippen LogP contribution in [0.15, 0.2) is 54.6 Å². The lowest BCUT2D eigenvalue weighted by molar-refractivity contribution is -0.121. The standard InChI is InChI=1S/C24H31N5O3/c1-18-9-11-21(12-10-18)27-23(31)26-15-20-8-5-13-29(16-20)17-22(30)28-24(32)25-14-19-6-3-2-4-7-19/h2-4,6-7,9-12,20H,5,8,13-17H2,1H3,(H2,26,27,31)(H2,25,28,30,32)/t20-/m1/s1. The number of nitrogens with zero attached hydrogens (tertiary/aromatic N) is 1. The zero-order chi connectivity index (χ0) is 22.8. The van der Waals surface area contributed by atoms with Crippen LogP contribution < -0.4 is 21.3 Å². The lowest BCUT2D eigenvalue weighted by Crippen LogP contribution is -2.48. The zero-order valence-electron chi connectivity index (χ0n) is 18.4. The van der Waals surface area contributed by atoms with Crippen molar-refractivity contribution in [1.29, 1.82) is 0 Å². The molecule has 1 heterocycles. The van der Waals surface area contributed by atoms with E-state index in [1.807, 2.05) is 66.4 Å². The highest BCUT2D eigenvalue weighted by atomic mass is 16.2. The van der Waals surface area contributed by atoms with Crippen LogP contribution in [-0.2, 0) is 11.3 Å². The highest BCUT2D eigenvalue weighted by Gasteiger charge is 2.22. The zero-order valence-corrected chi connectivity index (χ0v) is 18.4. The van der Waals surface area contributed by atoms with E-state index in [2.05, 4.69) is 21.3 Å². The van der Waals surface area contributed by atoms with Crippen molar-refractivity contribution in [2.45, 2.75) is 26.3 Å². The molecule has 1 aliphatic rings. The van der Waals surface area contributed by atoms with Crippen LogP contribution in [0.4, 0.5) is 15.3 Å². The number of likely N-dealkylation sites (tertiary alicyclic amines) is 1. The summed E-state index contributed by atoms with van der Waals surface area (Å²) in [5.74, 6) is -0.0755. The average molecular weight is 438 g/mol. The number of hydrogen-bond donors (Lipinski definition) is 4. The van der Waals surface area contributed by atoms with Crippen molar-refractivity contribution in [1.82, 2.24) is 20.9 Å². The quantitative estimate of drug-likeness (QED) is 0.535. The molecule has 32 heavy (non-hydrogen) atoms. The third-order valence-corrected chi connectivity index (χ3v) is 5.38. The van der Waals surface area contributed by atoms with Crippen LogP contribution in [0.2, 0.25) is 0 Å². The Labute approximate surface area is 188 Å². The molecular formula is C24H31N5O3. The van der Waals surface area contributed by atoms with Crippen LogP contribution >= 0.6 is 0 Å². The van der Waals surface area contributed by atoms with Crippen molar-refractivity contribution in [2.24, 2.45) is 5.92 Å². The number of anilines is 1. The number of urea groups is 2. The molecule has 1 atom stereocenters. The summed E-state index contributed by atoms with van der Waals surface area (Å²) in [6.45, 7) is 4.55. The normalized spacial score (nSPS) is 16.1. The van der Waals surface area contributed by atoms with Crippen molar-refractivity contribution in [3.8, 4) is 0 Å². The predicted molar refractivity (Wildman–Crippen MR) is 124 cm³/mol. The Kier molecular flexibility index (Phi) is 8.62. The van der Waals surface area contributed by atoms with Crippen LogP contribution in [0.5, 0.6) is 0 Å². The summed E-state index contributed by atoms with van der Waals surface area (Å²) in [5, 5.41) is 10.8. The smallest absolute Gasteiger partial charge is 0.321 e. The highest BCUT2D eigenvalue weighted by molar-refractivity contribution is 5.95. The first-order valence-electron chi connectivity index (χ1n) is 10.9. The Morgan fingerprint density at radius 1 is 0.969 bits per heavy atom. The van der Waals surface area contributed by atoms with Crippen LogP contribution in [0, 0.1) is 12.8 Å². The lowest BCUT2D eigenvalue weighted by Gasteiger charge is -2.32. The molecule has 170 valence electrons. The third-order valence-electron chi connectivity index (χ3n) is 5.38. The van der Waals surface area contributed by atoms with Gasteiger partial charge in [0.2, 0.25) is 5.91 Å². The van der Waals surface area contributed by atoms with Gasteiger partial charge < -0.3 is 16.0 Å². The topological polar surface area (TPSA) is 103 Å². The molecular weight excluding hydrogens is 406 g/mol. The van der Waals surface area contributed by atoms with Gasteiger partial charge >= 0.3 is 12.1 Å². The molecule has 0 unspecified atom stereocenters. The minimum Gasteiger partial charge on any atom is -0.338 e. The van der Waals surface area contributed by atoms with E-state index in [0.717, 1.165) is 36.2 Å². The van der Waals surface area contributed by atoms with Crippen LogP contribution in [0.25, 0.3) is 0 Å². The number of amides is 5. The van der Waals surface area contributed by atoms with Crippen molar-refractivity contribution < 1.29 is 14.4 Å². The van der Waals surface area contributed by atoms with Gasteiger partial charge in [0.15, 0.2) is 0 Å². The van der Waals surface area contributed by atoms with Gasteiger partial charge in [-0.25, -0.2) is 9.59 Å². The van der Waals surface area contributed by atoms with Gasteiger partial charge in [-0.2, -0.15) is 0 Å². The first-order valence-corrected chi connectivity index (χ1v) is 10.9. The summed E-state index contributed by atoms with van der Waals surface area (Å²) in [6.07, 6.45) is 1.93. The fourth-order valence-corrected chi connectivity index (χ4v) is 3.70. The molecule has 2 aromatic carbocycles. The molecule has 4 N–H and O–H groups in total. The highest BCUT2D eigenvalue weighted by Crippen LogP contribution is 2.15. The number of nitrogens with one attached hydrogen (secondary N) is 4. The molecule has 0 bridgehead atoms. The molecule has 0 aromatic heterocycles. The summed E-state index contributed by atoms with van der Waals surface area (Å²) < 4.78 is 0. The molecule has 8 heteroatoms. The number of carbonyl (C=O) groups is 3. The van der Waals surface area contributed by atoms with Crippen molar-refractivity contribution >= 4 is 23.7 Å². The molecule has 8 nitrogen and oxygen atoms in total. The predicted octanol–water partition coefficient (Wildman–Crippen LogP) is 2.85. The maximum atomic E-state index is 12.2. The van der Waals surface area contributed by atoms with E-state index in [-0.39, 0.29) is 24.4 Å². The number of imide groups is 1. The van der Waals surface area contributed by atoms with Crippen molar-refractivity contribution in [3.05, 3.63) is 65.7 Å². The Balaban J connectivity index is 1.34. The second-order valence-electron chi connectivity index (χ2n) is 8.16. The average Bonchev–Trinajstić information content (AvgIpc) is 2.79. The molecule has 0 spiro atoms. The van der Waals surface area contributed by atoms with Crippen LogP contribution in [0.3, 0.4) is 0 Å². The number of benzene rings is 2. The molecule has 1 saturated heterocycles. The number of rotatable bonds is 7. The van der Waals surface area contributed by atoms with E-state index in [4.69, 9.17) is 0 Å². The van der Waals surface area contributed by atoms with Crippen molar-refractivity contribution in [2.75, 3.05) is 31.5 Å². The largest absolute Gasteiger partial charge is 0.338 e. The Hall–Kier alpha value is -3.39. The maximum absolute atomic E-state index is 12.2. The molecule has 0 saturated carbocycles. The van der Waals surface area contributed by atoms with Gasteiger partial charge in [0.1, 0.15) is 0 Å². The molecule has 0 aliphatic carbocycles. The van der Waals surface area contributed by atoms with Crippen LogP contribution in [0.1, 0.15) is 24.0 Å². The van der Waals surface area contributed by atoms with Crippen LogP contribution in [-0.4, -0.2) is 49.0 Å². The Bertz CT molecular complexity index is 902. The fourth-order valence-electron chi connectivity index (χ4n) is 3.70. The minimum atomic E-state index is -0.498. The van der Waals surface area contributed by atoms with E-state index < -0.39 is 6.03 Å². The minimum absolute atomic E-state index is 0.158. The molecule has 1 fully saturated rings. The Morgan fingerprint density at radius 2 is 1.72 bits per heavy atom. The van der Waals surface area contributed by atoms with Crippen molar-refractivity contribution in [3.63, 3.8) is 0 Å². The summed E-state index contributed by atoms with van der Waals surface area (Å²) in [5.41, 5.74) is 2.85. The van der Waals surface area contributed by atoms with Gasteiger partial charge in [-0.15, -0.1) is 0 Å². The van der Waals surface area contributed by atoms with E-state index in [1.54, 1.807) is 0 Å². The van der Waals surface area contributed by atoms with Gasteiger partial charge in [0, 0.05) is 25.3 Å². The molecule has 3 rings (SSSR count). The first-order chi connectivity index (χ1) is 15.5. The van der Waals surface area contributed by atoms with Gasteiger partial charge in [0.05, 0.1) is 6.54 Å². The molecule has 1 aliphatic heterocycles. The summed E-state index contributed by atoms with van der Waals surface area (Å²) in [7, 11) is 0. The second kappa shape index (κ2) is 11.9. The number of piperidine rings is 1. The monoisotopic (exact) mass is 437 g/mol. The van der Waals surface area contributed by atoms with Gasteiger partial charge in [-0.3, -0.25) is 15.0 Å². The van der Waals surface area contributed by atoms with Gasteiger partial charge in [0.25, 0.3) is 0 Å². The van der Waals surface area contributed by atoms with E-state index in [9.17, 15) is 14.4 Å². The third kappa shape index (κ3) is 8.03.